The molecule has 134 valence electrons. The van der Waals surface area contributed by atoms with Gasteiger partial charge in [0.2, 0.25) is 5.91 Å². The smallest absolute Gasteiger partial charge is 0.248 e. The van der Waals surface area contributed by atoms with Crippen LogP contribution in [0.25, 0.3) is 0 Å². The van der Waals surface area contributed by atoms with E-state index in [2.05, 4.69) is 39.0 Å². The predicted molar refractivity (Wildman–Crippen MR) is 99.3 cm³/mol. The summed E-state index contributed by atoms with van der Waals surface area (Å²) in [5.74, 6) is 2.62. The number of fused-ring (bicyclic) bond motifs is 1. The van der Waals surface area contributed by atoms with Crippen molar-refractivity contribution in [1.29, 1.82) is 0 Å². The second-order valence-electron chi connectivity index (χ2n) is 8.06. The van der Waals surface area contributed by atoms with Gasteiger partial charge in [-0.1, -0.05) is 51.2 Å². The van der Waals surface area contributed by atoms with E-state index in [0.717, 1.165) is 12.0 Å². The minimum Gasteiger partial charge on any atom is -0.393 e. The zero-order chi connectivity index (χ0) is 18.0. The summed E-state index contributed by atoms with van der Waals surface area (Å²) < 4.78 is 0. The molecular formula is C21H33NO2. The van der Waals surface area contributed by atoms with Crippen molar-refractivity contribution in [3.63, 3.8) is 0 Å². The lowest BCUT2D eigenvalue weighted by atomic mass is 9.58. The van der Waals surface area contributed by atoms with E-state index >= 15 is 0 Å². The third-order valence-corrected chi connectivity index (χ3v) is 6.00. The minimum absolute atomic E-state index is 0.0457. The number of allylic oxidation sites excluding steroid dienone is 5. The van der Waals surface area contributed by atoms with Crippen LogP contribution in [-0.2, 0) is 4.79 Å². The average Bonchev–Trinajstić information content (AvgIpc) is 2.53. The number of aliphatic hydroxyl groups excluding tert-OH is 1. The molecule has 0 aromatic rings. The van der Waals surface area contributed by atoms with Crippen LogP contribution in [0.4, 0.5) is 0 Å². The van der Waals surface area contributed by atoms with Crippen LogP contribution in [0.5, 0.6) is 0 Å². The lowest BCUT2D eigenvalue weighted by Gasteiger charge is -2.48. The third-order valence-electron chi connectivity index (χ3n) is 6.00. The number of hydrogen-bond donors (Lipinski definition) is 1. The van der Waals surface area contributed by atoms with Gasteiger partial charge in [-0.2, -0.15) is 0 Å². The maximum absolute atomic E-state index is 11.9. The fourth-order valence-electron chi connectivity index (χ4n) is 4.56. The van der Waals surface area contributed by atoms with Crippen LogP contribution in [0.15, 0.2) is 36.0 Å². The van der Waals surface area contributed by atoms with Gasteiger partial charge in [0.25, 0.3) is 0 Å². The molecule has 0 aromatic heterocycles. The molecule has 1 fully saturated rings. The van der Waals surface area contributed by atoms with Gasteiger partial charge >= 0.3 is 0 Å². The molecule has 0 radical (unpaired) electrons. The second kappa shape index (κ2) is 7.69. The summed E-state index contributed by atoms with van der Waals surface area (Å²) in [4.78, 5) is 13.5. The Hall–Kier alpha value is -1.35. The highest BCUT2D eigenvalue weighted by molar-refractivity contribution is 5.92. The molecule has 2 aliphatic rings. The maximum atomic E-state index is 11.9. The fraction of sp³-hybridized carbons (Fsp3) is 0.667. The van der Waals surface area contributed by atoms with Crippen LogP contribution < -0.4 is 0 Å². The topological polar surface area (TPSA) is 40.5 Å². The summed E-state index contributed by atoms with van der Waals surface area (Å²) in [6.07, 6.45) is 11.7. The Labute approximate surface area is 147 Å². The Bertz CT molecular complexity index is 546. The quantitative estimate of drug-likeness (QED) is 0.487. The first-order valence-electron chi connectivity index (χ1n) is 9.17. The van der Waals surface area contributed by atoms with E-state index in [0.29, 0.717) is 35.5 Å². The first-order chi connectivity index (χ1) is 11.2. The molecule has 0 unspecified atom stereocenters. The highest BCUT2D eigenvalue weighted by Crippen LogP contribution is 2.48. The number of carbonyl (C=O) groups is 1. The summed E-state index contributed by atoms with van der Waals surface area (Å²) in [5, 5.41) is 10.5. The van der Waals surface area contributed by atoms with E-state index in [-0.39, 0.29) is 12.0 Å². The van der Waals surface area contributed by atoms with Crippen LogP contribution in [0.1, 0.15) is 34.1 Å². The minimum atomic E-state index is -0.214. The van der Waals surface area contributed by atoms with Gasteiger partial charge in [-0.15, -0.1) is 0 Å². The number of likely N-dealkylation sites (N-methyl/N-ethyl adjacent to an activating group) is 1. The molecule has 0 bridgehead atoms. The Morgan fingerprint density at radius 3 is 2.50 bits per heavy atom. The molecule has 0 heterocycles. The second-order valence-corrected chi connectivity index (χ2v) is 8.06. The van der Waals surface area contributed by atoms with E-state index in [1.54, 1.807) is 19.0 Å². The van der Waals surface area contributed by atoms with Crippen LogP contribution in [0.2, 0.25) is 0 Å². The van der Waals surface area contributed by atoms with Crippen LogP contribution >= 0.6 is 0 Å². The van der Waals surface area contributed by atoms with Crippen molar-refractivity contribution in [2.24, 2.45) is 35.5 Å². The van der Waals surface area contributed by atoms with Crippen molar-refractivity contribution in [3.8, 4) is 0 Å². The van der Waals surface area contributed by atoms with Crippen LogP contribution in [-0.4, -0.2) is 36.1 Å². The first kappa shape index (κ1) is 19.0. The molecule has 2 rings (SSSR count). The molecule has 1 saturated carbocycles. The SMILES string of the molecule is CC(=CC=C[C@@H]1[C@H]2[C@H](C)[C@@H](O)[C@H](C)C[C@@H]2C=C[C@@H]1C)C(=O)N(C)C. The first-order valence-corrected chi connectivity index (χ1v) is 9.17. The van der Waals surface area contributed by atoms with Crippen molar-refractivity contribution in [2.75, 3.05) is 14.1 Å². The fourth-order valence-corrected chi connectivity index (χ4v) is 4.56. The van der Waals surface area contributed by atoms with E-state index in [4.69, 9.17) is 0 Å². The highest BCUT2D eigenvalue weighted by Gasteiger charge is 2.44. The number of nitrogens with zero attached hydrogens (tertiary/aromatic N) is 1. The van der Waals surface area contributed by atoms with Crippen molar-refractivity contribution < 1.29 is 9.90 Å². The number of carbonyl (C=O) groups excluding carboxylic acids is 1. The molecule has 0 spiro atoms. The number of rotatable bonds is 3. The molecule has 0 aromatic carbocycles. The Balaban J connectivity index is 2.19. The maximum Gasteiger partial charge on any atom is 0.248 e. The molecule has 3 heteroatoms. The molecule has 7 atom stereocenters. The monoisotopic (exact) mass is 331 g/mol. The van der Waals surface area contributed by atoms with E-state index in [1.165, 1.54) is 0 Å². The van der Waals surface area contributed by atoms with Crippen molar-refractivity contribution in [2.45, 2.75) is 40.2 Å². The van der Waals surface area contributed by atoms with Gasteiger partial charge in [0.1, 0.15) is 0 Å². The molecule has 3 nitrogen and oxygen atoms in total. The van der Waals surface area contributed by atoms with Crippen molar-refractivity contribution in [3.05, 3.63) is 36.0 Å². The number of amides is 1. The van der Waals surface area contributed by atoms with Crippen LogP contribution in [0.3, 0.4) is 0 Å². The Kier molecular flexibility index (Phi) is 6.08. The third kappa shape index (κ3) is 3.83. The van der Waals surface area contributed by atoms with E-state index < -0.39 is 0 Å². The molecule has 0 saturated heterocycles. The van der Waals surface area contributed by atoms with Gasteiger partial charge in [0.05, 0.1) is 6.10 Å². The summed E-state index contributed by atoms with van der Waals surface area (Å²) in [6, 6.07) is 0. The van der Waals surface area contributed by atoms with Gasteiger partial charge in [-0.3, -0.25) is 4.79 Å². The predicted octanol–water partition coefficient (Wildman–Crippen LogP) is 3.67. The Morgan fingerprint density at radius 2 is 1.88 bits per heavy atom. The van der Waals surface area contributed by atoms with Gasteiger partial charge in [0.15, 0.2) is 0 Å². The molecule has 24 heavy (non-hydrogen) atoms. The lowest BCUT2D eigenvalue weighted by Crippen LogP contribution is -2.46. The van der Waals surface area contributed by atoms with Crippen molar-refractivity contribution in [1.82, 2.24) is 4.90 Å². The van der Waals surface area contributed by atoms with E-state index in [1.807, 2.05) is 19.1 Å². The highest BCUT2D eigenvalue weighted by atomic mass is 16.3. The van der Waals surface area contributed by atoms with Crippen molar-refractivity contribution >= 4 is 5.91 Å². The lowest BCUT2D eigenvalue weighted by molar-refractivity contribution is -0.124. The molecule has 0 aliphatic heterocycles. The molecule has 1 N–H and O–H groups in total. The van der Waals surface area contributed by atoms with Gasteiger partial charge in [-0.05, 0) is 48.9 Å². The number of aliphatic hydroxyl groups is 1. The molecule has 1 amide bonds. The standard InChI is InChI=1S/C21H33NO2/c1-13-10-11-17-12-15(3)20(23)16(4)19(17)18(13)9-7-8-14(2)21(24)22(5)6/h7-11,13,15-20,23H,12H2,1-6H3/t13-,15+,16-,17-,18-,19-,20-/m0/s1. The summed E-state index contributed by atoms with van der Waals surface area (Å²) >= 11 is 0. The number of hydrogen-bond acceptors (Lipinski definition) is 2. The normalized spacial score (nSPS) is 39.8. The van der Waals surface area contributed by atoms with Gasteiger partial charge in [0, 0.05) is 19.7 Å². The Morgan fingerprint density at radius 1 is 1.21 bits per heavy atom. The summed E-state index contributed by atoms with van der Waals surface area (Å²) in [7, 11) is 3.54. The van der Waals surface area contributed by atoms with Crippen LogP contribution in [0, 0.1) is 35.5 Å². The van der Waals surface area contributed by atoms with Gasteiger partial charge < -0.3 is 10.0 Å². The van der Waals surface area contributed by atoms with E-state index in [9.17, 15) is 9.90 Å². The summed E-state index contributed by atoms with van der Waals surface area (Å²) in [6.45, 7) is 8.46. The zero-order valence-electron chi connectivity index (χ0n) is 15.9. The van der Waals surface area contributed by atoms with Gasteiger partial charge in [-0.25, -0.2) is 0 Å². The summed E-state index contributed by atoms with van der Waals surface area (Å²) in [5.41, 5.74) is 0.747. The average molecular weight is 332 g/mol. The zero-order valence-corrected chi connectivity index (χ0v) is 15.9. The largest absolute Gasteiger partial charge is 0.393 e. The molecular weight excluding hydrogens is 298 g/mol. The molecule has 2 aliphatic carbocycles.